The fraction of sp³-hybridized carbons (Fsp3) is 0.385. The van der Waals surface area contributed by atoms with Gasteiger partial charge in [0.05, 0.1) is 0 Å². The average Bonchev–Trinajstić information content (AvgIpc) is 2.38. The van der Waals surface area contributed by atoms with E-state index in [1.165, 1.54) is 5.69 Å². The second kappa shape index (κ2) is 5.56. The van der Waals surface area contributed by atoms with E-state index in [0.29, 0.717) is 0 Å². The number of piperazine rings is 1. The molecule has 1 saturated heterocycles. The molecule has 1 aliphatic heterocycles. The number of nitrogens with one attached hydrogen (secondary N) is 2. The molecule has 0 atom stereocenters. The van der Waals surface area contributed by atoms with E-state index in [4.69, 9.17) is 0 Å². The molecule has 3 nitrogen and oxygen atoms in total. The summed E-state index contributed by atoms with van der Waals surface area (Å²) in [6.07, 6.45) is 1.85. The highest BCUT2D eigenvalue weighted by molar-refractivity contribution is 5.57. The van der Waals surface area contributed by atoms with Crippen molar-refractivity contribution < 1.29 is 0 Å². The van der Waals surface area contributed by atoms with Crippen molar-refractivity contribution in [3.8, 4) is 0 Å². The maximum atomic E-state index is 3.69. The minimum Gasteiger partial charge on any atom is -0.381 e. The molecule has 1 aromatic rings. The highest BCUT2D eigenvalue weighted by Gasteiger charge is 2.10. The maximum Gasteiger partial charge on any atom is 0.0443 e. The molecule has 2 rings (SSSR count). The second-order valence-corrected chi connectivity index (χ2v) is 3.87. The summed E-state index contributed by atoms with van der Waals surface area (Å²) in [5.74, 6) is 0. The number of hydrogen-bond donors (Lipinski definition) is 2. The van der Waals surface area contributed by atoms with E-state index in [-0.39, 0.29) is 0 Å². The first-order valence-electron chi connectivity index (χ1n) is 5.72. The van der Waals surface area contributed by atoms with Crippen LogP contribution in [0.3, 0.4) is 0 Å². The summed E-state index contributed by atoms with van der Waals surface area (Å²) in [5, 5.41) is 6.61. The monoisotopic (exact) mass is 216 g/mol. The Kier molecular flexibility index (Phi) is 3.83. The van der Waals surface area contributed by atoms with Crippen molar-refractivity contribution in [2.75, 3.05) is 42.9 Å². The molecule has 0 saturated carbocycles. The summed E-state index contributed by atoms with van der Waals surface area (Å²) in [5.41, 5.74) is 2.31. The normalized spacial score (nSPS) is 15.9. The van der Waals surface area contributed by atoms with E-state index in [1.807, 2.05) is 12.1 Å². The van der Waals surface area contributed by atoms with Gasteiger partial charge in [-0.25, -0.2) is 0 Å². The van der Waals surface area contributed by atoms with Crippen LogP contribution >= 0.6 is 0 Å². The first-order valence-corrected chi connectivity index (χ1v) is 5.72. The molecule has 85 valence electrons. The van der Waals surface area contributed by atoms with Crippen LogP contribution in [0.1, 0.15) is 0 Å². The van der Waals surface area contributed by atoms with Crippen LogP contribution in [-0.2, 0) is 0 Å². The van der Waals surface area contributed by atoms with E-state index < -0.39 is 0 Å². The molecule has 0 amide bonds. The maximum absolute atomic E-state index is 3.69. The Hall–Kier alpha value is -1.48. The zero-order chi connectivity index (χ0) is 11.2. The highest BCUT2D eigenvalue weighted by atomic mass is 15.2. The van der Waals surface area contributed by atoms with Crippen molar-refractivity contribution in [1.82, 2.24) is 5.32 Å². The fourth-order valence-electron chi connectivity index (χ4n) is 1.86. The van der Waals surface area contributed by atoms with Crippen molar-refractivity contribution in [3.05, 3.63) is 36.9 Å². The van der Waals surface area contributed by atoms with Crippen LogP contribution in [0.4, 0.5) is 11.4 Å². The zero-order valence-electron chi connectivity index (χ0n) is 9.50. The van der Waals surface area contributed by atoms with Crippen molar-refractivity contribution in [1.29, 1.82) is 0 Å². The van der Waals surface area contributed by atoms with Gasteiger partial charge in [0, 0.05) is 50.2 Å². The molecule has 1 radical (unpaired) electrons. The van der Waals surface area contributed by atoms with E-state index in [9.17, 15) is 0 Å². The molecular formula is C13H18N3. The molecule has 0 unspecified atom stereocenters. The van der Waals surface area contributed by atoms with Gasteiger partial charge in [0.1, 0.15) is 0 Å². The quantitative estimate of drug-likeness (QED) is 0.747. The third-order valence-electron chi connectivity index (χ3n) is 2.70. The summed E-state index contributed by atoms with van der Waals surface area (Å²) >= 11 is 0. The molecule has 0 bridgehead atoms. The highest BCUT2D eigenvalue weighted by Crippen LogP contribution is 2.19. The van der Waals surface area contributed by atoms with Gasteiger partial charge < -0.3 is 15.5 Å². The van der Waals surface area contributed by atoms with Gasteiger partial charge in [0.25, 0.3) is 0 Å². The Bertz CT molecular complexity index is 343. The zero-order valence-corrected chi connectivity index (χ0v) is 9.50. The number of rotatable bonds is 4. The van der Waals surface area contributed by atoms with E-state index in [2.05, 4.69) is 40.3 Å². The van der Waals surface area contributed by atoms with Crippen LogP contribution < -0.4 is 15.5 Å². The number of nitrogens with zero attached hydrogens (tertiary/aromatic N) is 1. The summed E-state index contributed by atoms with van der Waals surface area (Å²) in [7, 11) is 0. The largest absolute Gasteiger partial charge is 0.381 e. The van der Waals surface area contributed by atoms with Gasteiger partial charge in [-0.2, -0.15) is 0 Å². The number of hydrogen-bond acceptors (Lipinski definition) is 3. The third kappa shape index (κ3) is 2.76. The Morgan fingerprint density at radius 2 is 2.31 bits per heavy atom. The van der Waals surface area contributed by atoms with Crippen LogP contribution in [0.15, 0.2) is 30.9 Å². The number of anilines is 2. The molecule has 1 aliphatic rings. The van der Waals surface area contributed by atoms with Crippen molar-refractivity contribution in [2.24, 2.45) is 0 Å². The van der Waals surface area contributed by atoms with Crippen molar-refractivity contribution >= 4 is 11.4 Å². The molecular weight excluding hydrogens is 198 g/mol. The minimum absolute atomic E-state index is 0.779. The summed E-state index contributed by atoms with van der Waals surface area (Å²) in [4.78, 5) is 2.39. The minimum atomic E-state index is 0.779. The molecule has 0 aromatic heterocycles. The van der Waals surface area contributed by atoms with Crippen molar-refractivity contribution in [3.63, 3.8) is 0 Å². The van der Waals surface area contributed by atoms with Crippen LogP contribution in [-0.4, -0.2) is 32.7 Å². The SMILES string of the molecule is C=CCNc1[c]ccc(N2CCNCC2)c1. The van der Waals surface area contributed by atoms with E-state index in [0.717, 1.165) is 38.4 Å². The fourth-order valence-corrected chi connectivity index (χ4v) is 1.86. The molecule has 1 aromatic carbocycles. The topological polar surface area (TPSA) is 27.3 Å². The lowest BCUT2D eigenvalue weighted by Crippen LogP contribution is -2.43. The molecule has 0 aliphatic carbocycles. The van der Waals surface area contributed by atoms with Crippen LogP contribution in [0.5, 0.6) is 0 Å². The van der Waals surface area contributed by atoms with Gasteiger partial charge >= 0.3 is 0 Å². The van der Waals surface area contributed by atoms with E-state index in [1.54, 1.807) is 0 Å². The lowest BCUT2D eigenvalue weighted by molar-refractivity contribution is 0.589. The predicted molar refractivity (Wildman–Crippen MR) is 69.0 cm³/mol. The van der Waals surface area contributed by atoms with Crippen LogP contribution in [0, 0.1) is 6.07 Å². The van der Waals surface area contributed by atoms with Gasteiger partial charge in [0.15, 0.2) is 0 Å². The standard InChI is InChI=1S/C13H18N3/c1-2-6-15-12-4-3-5-13(11-12)16-9-7-14-8-10-16/h2-3,5,11,14-15H,1,6-10H2. The first kappa shape index (κ1) is 11.0. The Labute approximate surface area is 97.2 Å². The van der Waals surface area contributed by atoms with Crippen LogP contribution in [0.25, 0.3) is 0 Å². The van der Waals surface area contributed by atoms with Gasteiger partial charge in [-0.3, -0.25) is 0 Å². The van der Waals surface area contributed by atoms with Crippen molar-refractivity contribution in [2.45, 2.75) is 0 Å². The molecule has 3 heteroatoms. The molecule has 1 heterocycles. The smallest absolute Gasteiger partial charge is 0.0443 e. The lowest BCUT2D eigenvalue weighted by Gasteiger charge is -2.29. The Morgan fingerprint density at radius 3 is 3.06 bits per heavy atom. The Balaban J connectivity index is 2.05. The van der Waals surface area contributed by atoms with E-state index >= 15 is 0 Å². The van der Waals surface area contributed by atoms with Gasteiger partial charge in [-0.1, -0.05) is 12.1 Å². The molecule has 16 heavy (non-hydrogen) atoms. The van der Waals surface area contributed by atoms with Gasteiger partial charge in [-0.15, -0.1) is 6.58 Å². The first-order chi connectivity index (χ1) is 7.90. The lowest BCUT2D eigenvalue weighted by atomic mass is 10.2. The Morgan fingerprint density at radius 1 is 1.50 bits per heavy atom. The van der Waals surface area contributed by atoms with Gasteiger partial charge in [0.2, 0.25) is 0 Å². The summed E-state index contributed by atoms with van der Waals surface area (Å²) < 4.78 is 0. The molecule has 2 N–H and O–H groups in total. The summed E-state index contributed by atoms with van der Waals surface area (Å²) in [6.45, 7) is 8.75. The third-order valence-corrected chi connectivity index (χ3v) is 2.70. The van der Waals surface area contributed by atoms with Gasteiger partial charge in [-0.05, 0) is 12.1 Å². The second-order valence-electron chi connectivity index (χ2n) is 3.87. The molecule has 1 fully saturated rings. The number of benzene rings is 1. The summed E-state index contributed by atoms with van der Waals surface area (Å²) in [6, 6.07) is 9.42. The predicted octanol–water partition coefficient (Wildman–Crippen LogP) is 1.49. The molecule has 0 spiro atoms. The van der Waals surface area contributed by atoms with Crippen LogP contribution in [0.2, 0.25) is 0 Å². The average molecular weight is 216 g/mol.